The fourth-order valence-corrected chi connectivity index (χ4v) is 3.89. The third kappa shape index (κ3) is 5.16. The maximum absolute atomic E-state index is 14.0. The molecule has 1 aliphatic heterocycles. The third-order valence-electron chi connectivity index (χ3n) is 5.55. The van der Waals surface area contributed by atoms with Crippen LogP contribution >= 0.6 is 11.6 Å². The zero-order valence-electron chi connectivity index (χ0n) is 18.7. The van der Waals surface area contributed by atoms with Crippen LogP contribution in [0.5, 0.6) is 11.5 Å². The second kappa shape index (κ2) is 9.74. The van der Waals surface area contributed by atoms with Crippen LogP contribution in [0, 0.1) is 5.82 Å². The number of Topliss-reactive ketones (excluding diaryl/α,β-unsaturated/α-hetero) is 1. The van der Waals surface area contributed by atoms with Crippen molar-refractivity contribution in [3.8, 4) is 22.9 Å². The molecule has 8 nitrogen and oxygen atoms in total. The first-order chi connectivity index (χ1) is 16.2. The molecule has 1 aromatic heterocycles. The van der Waals surface area contributed by atoms with Gasteiger partial charge in [0.25, 0.3) is 5.91 Å². The Bertz CT molecular complexity index is 1240. The molecule has 0 spiro atoms. The Labute approximate surface area is 201 Å². The van der Waals surface area contributed by atoms with Gasteiger partial charge in [-0.3, -0.25) is 9.59 Å². The molecule has 1 atom stereocenters. The molecule has 1 unspecified atom stereocenters. The summed E-state index contributed by atoms with van der Waals surface area (Å²) in [6, 6.07) is 11.9. The standard InChI is InChI=1S/C24H23ClFN5O3/c1-14(32)20-13-30(2)9-10-31(20)22-12-19(23(27)33)28-24(29-22)15-3-6-17(7-4-15)34-21-8-5-16(25)11-18(21)26/h3-8,11-12,20H,9-10,13H2,1-2H3,(H2,27,33). The summed E-state index contributed by atoms with van der Waals surface area (Å²) < 4.78 is 19.6. The van der Waals surface area contributed by atoms with Crippen molar-refractivity contribution in [3.05, 3.63) is 65.1 Å². The second-order valence-electron chi connectivity index (χ2n) is 8.08. The Morgan fingerprint density at radius 3 is 2.50 bits per heavy atom. The molecular weight excluding hydrogens is 461 g/mol. The minimum absolute atomic E-state index is 0.00303. The van der Waals surface area contributed by atoms with E-state index in [1.54, 1.807) is 24.3 Å². The molecule has 2 aromatic carbocycles. The average molecular weight is 484 g/mol. The molecule has 1 aliphatic rings. The van der Waals surface area contributed by atoms with E-state index in [1.807, 2.05) is 11.9 Å². The highest BCUT2D eigenvalue weighted by molar-refractivity contribution is 6.30. The number of hydrogen-bond donors (Lipinski definition) is 1. The fraction of sp³-hybridized carbons (Fsp3) is 0.250. The van der Waals surface area contributed by atoms with E-state index in [1.165, 1.54) is 31.2 Å². The SMILES string of the molecule is CC(=O)C1CN(C)CCN1c1cc(C(N)=O)nc(-c2ccc(Oc3ccc(Cl)cc3F)cc2)n1. The van der Waals surface area contributed by atoms with E-state index in [0.29, 0.717) is 30.2 Å². The molecule has 1 fully saturated rings. The van der Waals surface area contributed by atoms with E-state index in [9.17, 15) is 14.0 Å². The quantitative estimate of drug-likeness (QED) is 0.572. The molecular formula is C24H23ClFN5O3. The lowest BCUT2D eigenvalue weighted by Gasteiger charge is -2.39. The minimum atomic E-state index is -0.698. The number of benzene rings is 2. The van der Waals surface area contributed by atoms with Gasteiger partial charge in [-0.2, -0.15) is 0 Å². The number of piperazine rings is 1. The van der Waals surface area contributed by atoms with E-state index in [0.717, 1.165) is 6.54 Å². The number of carbonyl (C=O) groups is 2. The van der Waals surface area contributed by atoms with E-state index in [4.69, 9.17) is 22.1 Å². The number of likely N-dealkylation sites (N-methyl/N-ethyl adjacent to an activating group) is 1. The summed E-state index contributed by atoms with van der Waals surface area (Å²) in [6.45, 7) is 3.39. The van der Waals surface area contributed by atoms with E-state index < -0.39 is 17.8 Å². The summed E-state index contributed by atoms with van der Waals surface area (Å²) in [4.78, 5) is 37.1. The van der Waals surface area contributed by atoms with Gasteiger partial charge in [-0.15, -0.1) is 0 Å². The van der Waals surface area contributed by atoms with Crippen molar-refractivity contribution in [2.24, 2.45) is 5.73 Å². The lowest BCUT2D eigenvalue weighted by molar-refractivity contribution is -0.119. The highest BCUT2D eigenvalue weighted by atomic mass is 35.5. The number of nitrogens with two attached hydrogens (primary N) is 1. The van der Waals surface area contributed by atoms with Crippen LogP contribution in [0.4, 0.5) is 10.2 Å². The Kier molecular flexibility index (Phi) is 6.76. The normalized spacial score (nSPS) is 16.4. The molecule has 0 bridgehead atoms. The molecule has 176 valence electrons. The number of carbonyl (C=O) groups excluding carboxylic acids is 2. The second-order valence-corrected chi connectivity index (χ2v) is 8.52. The van der Waals surface area contributed by atoms with Crippen LogP contribution in [0.3, 0.4) is 0 Å². The Balaban J connectivity index is 1.65. The predicted octanol–water partition coefficient (Wildman–Crippen LogP) is 3.54. The molecule has 2 N–H and O–H groups in total. The van der Waals surface area contributed by atoms with Gasteiger partial charge in [-0.25, -0.2) is 14.4 Å². The lowest BCUT2D eigenvalue weighted by atomic mass is 10.1. The number of ketones is 1. The molecule has 10 heteroatoms. The molecule has 3 aromatic rings. The first kappa shape index (κ1) is 23.6. The molecule has 1 amide bonds. The first-order valence-electron chi connectivity index (χ1n) is 10.6. The smallest absolute Gasteiger partial charge is 0.267 e. The summed E-state index contributed by atoms with van der Waals surface area (Å²) in [5, 5.41) is 0.273. The molecule has 0 radical (unpaired) electrons. The lowest BCUT2D eigenvalue weighted by Crippen LogP contribution is -2.55. The molecule has 0 aliphatic carbocycles. The number of ether oxygens (including phenoxy) is 1. The van der Waals surface area contributed by atoms with Crippen LogP contribution in [-0.4, -0.2) is 59.3 Å². The topological polar surface area (TPSA) is 102 Å². The van der Waals surface area contributed by atoms with Crippen LogP contribution < -0.4 is 15.4 Å². The van der Waals surface area contributed by atoms with Crippen LogP contribution in [0.2, 0.25) is 5.02 Å². The van der Waals surface area contributed by atoms with Crippen LogP contribution in [0.15, 0.2) is 48.5 Å². The van der Waals surface area contributed by atoms with Crippen LogP contribution in [0.25, 0.3) is 11.4 Å². The number of aromatic nitrogens is 2. The van der Waals surface area contributed by atoms with E-state index in [2.05, 4.69) is 14.9 Å². The highest BCUT2D eigenvalue weighted by Crippen LogP contribution is 2.29. The maximum Gasteiger partial charge on any atom is 0.267 e. The van der Waals surface area contributed by atoms with Crippen molar-refractivity contribution >= 4 is 29.1 Å². The van der Waals surface area contributed by atoms with Gasteiger partial charge in [0.2, 0.25) is 0 Å². The summed E-state index contributed by atoms with van der Waals surface area (Å²) in [5.74, 6) is -0.109. The largest absolute Gasteiger partial charge is 0.454 e. The zero-order valence-corrected chi connectivity index (χ0v) is 19.4. The first-order valence-corrected chi connectivity index (χ1v) is 11.0. The summed E-state index contributed by atoms with van der Waals surface area (Å²) >= 11 is 5.78. The number of rotatable bonds is 6. The van der Waals surface area contributed by atoms with Crippen LogP contribution in [-0.2, 0) is 4.79 Å². The van der Waals surface area contributed by atoms with Gasteiger partial charge < -0.3 is 20.3 Å². The monoisotopic (exact) mass is 483 g/mol. The molecule has 4 rings (SSSR count). The fourth-order valence-electron chi connectivity index (χ4n) is 3.74. The van der Waals surface area contributed by atoms with Gasteiger partial charge in [0.15, 0.2) is 23.2 Å². The molecule has 2 heterocycles. The van der Waals surface area contributed by atoms with Gasteiger partial charge in [0.1, 0.15) is 23.3 Å². The minimum Gasteiger partial charge on any atom is -0.454 e. The highest BCUT2D eigenvalue weighted by Gasteiger charge is 2.30. The molecule has 0 saturated carbocycles. The number of halogens is 2. The Hall–Kier alpha value is -3.56. The number of hydrogen-bond acceptors (Lipinski definition) is 7. The third-order valence-corrected chi connectivity index (χ3v) is 5.78. The van der Waals surface area contributed by atoms with Gasteiger partial charge in [0, 0.05) is 36.3 Å². The summed E-state index contributed by atoms with van der Waals surface area (Å²) in [7, 11) is 1.95. The van der Waals surface area contributed by atoms with Gasteiger partial charge in [0.05, 0.1) is 0 Å². The zero-order chi connectivity index (χ0) is 24.4. The van der Waals surface area contributed by atoms with E-state index >= 15 is 0 Å². The average Bonchev–Trinajstić information content (AvgIpc) is 2.81. The summed E-state index contributed by atoms with van der Waals surface area (Å²) in [6.07, 6.45) is 0. The van der Waals surface area contributed by atoms with Crippen molar-refractivity contribution in [2.45, 2.75) is 13.0 Å². The Morgan fingerprint density at radius 2 is 1.85 bits per heavy atom. The number of nitrogens with zero attached hydrogens (tertiary/aromatic N) is 4. The molecule has 34 heavy (non-hydrogen) atoms. The van der Waals surface area contributed by atoms with Crippen molar-refractivity contribution in [1.82, 2.24) is 14.9 Å². The predicted molar refractivity (Wildman–Crippen MR) is 127 cm³/mol. The van der Waals surface area contributed by atoms with Gasteiger partial charge in [-0.05, 0) is 56.4 Å². The van der Waals surface area contributed by atoms with E-state index in [-0.39, 0.29) is 28.1 Å². The van der Waals surface area contributed by atoms with Crippen molar-refractivity contribution in [1.29, 1.82) is 0 Å². The summed E-state index contributed by atoms with van der Waals surface area (Å²) in [5.41, 5.74) is 6.17. The molecule has 1 saturated heterocycles. The van der Waals surface area contributed by atoms with Gasteiger partial charge in [-0.1, -0.05) is 11.6 Å². The maximum atomic E-state index is 14.0. The number of amides is 1. The van der Waals surface area contributed by atoms with Gasteiger partial charge >= 0.3 is 0 Å². The number of primary amides is 1. The van der Waals surface area contributed by atoms with Crippen molar-refractivity contribution < 1.29 is 18.7 Å². The Morgan fingerprint density at radius 1 is 1.12 bits per heavy atom. The van der Waals surface area contributed by atoms with Crippen molar-refractivity contribution in [3.63, 3.8) is 0 Å². The van der Waals surface area contributed by atoms with Crippen LogP contribution in [0.1, 0.15) is 17.4 Å². The number of anilines is 1. The van der Waals surface area contributed by atoms with Crippen molar-refractivity contribution in [2.75, 3.05) is 31.6 Å².